The van der Waals surface area contributed by atoms with Crippen LogP contribution in [-0.2, 0) is 16.9 Å². The number of carbonyl (C=O) groups is 2. The summed E-state index contributed by atoms with van der Waals surface area (Å²) in [5.41, 5.74) is 1.01. The molecule has 4 rings (SSSR count). The Hall–Kier alpha value is -3.35. The summed E-state index contributed by atoms with van der Waals surface area (Å²) in [6, 6.07) is 17.4. The number of nitrogens with zero attached hydrogens (tertiary/aromatic N) is 1. The molecule has 0 unspecified atom stereocenters. The molecule has 6 nitrogen and oxygen atoms in total. The van der Waals surface area contributed by atoms with Crippen molar-refractivity contribution in [1.82, 2.24) is 0 Å². The molecule has 0 fully saturated rings. The van der Waals surface area contributed by atoms with E-state index in [1.54, 1.807) is 36.4 Å². The van der Waals surface area contributed by atoms with Gasteiger partial charge in [-0.1, -0.05) is 35.9 Å². The highest BCUT2D eigenvalue weighted by Crippen LogP contribution is 2.45. The smallest absolute Gasteiger partial charge is 0.264 e. The van der Waals surface area contributed by atoms with Gasteiger partial charge in [-0.25, -0.2) is 0 Å². The monoisotopic (exact) mass is 465 g/mol. The molecule has 33 heavy (non-hydrogen) atoms. The fraction of sp³-hybridized carbons (Fsp3) is 0.231. The zero-order valence-electron chi connectivity index (χ0n) is 18.6. The van der Waals surface area contributed by atoms with E-state index in [1.165, 1.54) is 19.1 Å². The molecule has 1 amide bonds. The predicted octanol–water partition coefficient (Wildman–Crippen LogP) is 4.67. The second-order valence-electron chi connectivity index (χ2n) is 8.01. The van der Waals surface area contributed by atoms with Crippen molar-refractivity contribution in [2.24, 2.45) is 0 Å². The van der Waals surface area contributed by atoms with Gasteiger partial charge in [-0.2, -0.15) is 0 Å². The van der Waals surface area contributed by atoms with Crippen molar-refractivity contribution in [2.45, 2.75) is 25.5 Å². The van der Waals surface area contributed by atoms with Gasteiger partial charge >= 0.3 is 0 Å². The Bertz CT molecular complexity index is 1240. The fourth-order valence-electron chi connectivity index (χ4n) is 4.16. The van der Waals surface area contributed by atoms with Gasteiger partial charge in [0.25, 0.3) is 5.91 Å². The van der Waals surface area contributed by atoms with Crippen molar-refractivity contribution in [3.63, 3.8) is 0 Å². The standard InChI is InChI=1S/C26H24ClNO5/c1-16-6-4-5-7-17(16)15-28-22-11-8-18(27)12-21(22)26(31,25(28)30)14-23(29)20-10-9-19(32-2)13-24(20)33-3/h4-13,31H,14-15H2,1-3H3/t26-/m1/s1. The molecule has 1 atom stereocenters. The van der Waals surface area contributed by atoms with Gasteiger partial charge in [-0.3, -0.25) is 9.59 Å². The molecule has 3 aromatic carbocycles. The van der Waals surface area contributed by atoms with E-state index in [2.05, 4.69) is 0 Å². The molecule has 3 aromatic rings. The Morgan fingerprint density at radius 1 is 1.06 bits per heavy atom. The first-order valence-corrected chi connectivity index (χ1v) is 10.8. The van der Waals surface area contributed by atoms with Crippen LogP contribution in [-0.4, -0.2) is 31.0 Å². The number of hydrogen-bond donors (Lipinski definition) is 1. The molecule has 0 saturated carbocycles. The summed E-state index contributed by atoms with van der Waals surface area (Å²) in [6.45, 7) is 2.23. The van der Waals surface area contributed by atoms with Crippen LogP contribution in [0.15, 0.2) is 60.7 Å². The highest BCUT2D eigenvalue weighted by Gasteiger charge is 2.51. The molecule has 0 saturated heterocycles. The van der Waals surface area contributed by atoms with Crippen LogP contribution < -0.4 is 14.4 Å². The molecule has 0 aromatic heterocycles. The Labute approximate surface area is 197 Å². The minimum Gasteiger partial charge on any atom is -0.497 e. The first-order valence-electron chi connectivity index (χ1n) is 10.4. The van der Waals surface area contributed by atoms with Crippen molar-refractivity contribution < 1.29 is 24.2 Å². The van der Waals surface area contributed by atoms with Gasteiger partial charge in [0.2, 0.25) is 0 Å². The number of fused-ring (bicyclic) bond motifs is 1. The van der Waals surface area contributed by atoms with Crippen LogP contribution in [0.1, 0.15) is 33.5 Å². The molecular formula is C26H24ClNO5. The number of amides is 1. The number of benzene rings is 3. The molecule has 7 heteroatoms. The van der Waals surface area contributed by atoms with Gasteiger partial charge in [0, 0.05) is 16.7 Å². The van der Waals surface area contributed by atoms with E-state index in [1.807, 2.05) is 31.2 Å². The van der Waals surface area contributed by atoms with E-state index in [0.717, 1.165) is 11.1 Å². The van der Waals surface area contributed by atoms with Gasteiger partial charge < -0.3 is 19.5 Å². The molecule has 1 N–H and O–H groups in total. The average Bonchev–Trinajstić information content (AvgIpc) is 3.01. The number of aliphatic hydroxyl groups is 1. The van der Waals surface area contributed by atoms with E-state index < -0.39 is 23.7 Å². The largest absolute Gasteiger partial charge is 0.497 e. The second-order valence-corrected chi connectivity index (χ2v) is 8.44. The minimum atomic E-state index is -2.05. The number of Topliss-reactive ketones (excluding diaryl/α,β-unsaturated/α-hetero) is 1. The van der Waals surface area contributed by atoms with Crippen LogP contribution >= 0.6 is 11.6 Å². The van der Waals surface area contributed by atoms with E-state index >= 15 is 0 Å². The zero-order chi connectivity index (χ0) is 23.8. The summed E-state index contributed by atoms with van der Waals surface area (Å²) in [6.07, 6.45) is -0.452. The topological polar surface area (TPSA) is 76.1 Å². The summed E-state index contributed by atoms with van der Waals surface area (Å²) >= 11 is 6.21. The summed E-state index contributed by atoms with van der Waals surface area (Å²) in [5, 5.41) is 12.0. The van der Waals surface area contributed by atoms with Crippen LogP contribution in [0.25, 0.3) is 0 Å². The van der Waals surface area contributed by atoms with E-state index in [-0.39, 0.29) is 12.1 Å². The number of aryl methyl sites for hydroxylation is 1. The van der Waals surface area contributed by atoms with Crippen LogP contribution in [0, 0.1) is 6.92 Å². The number of hydrogen-bond acceptors (Lipinski definition) is 5. The van der Waals surface area contributed by atoms with Crippen molar-refractivity contribution in [2.75, 3.05) is 19.1 Å². The van der Waals surface area contributed by atoms with Crippen LogP contribution in [0.5, 0.6) is 11.5 Å². The van der Waals surface area contributed by atoms with Gasteiger partial charge in [0.15, 0.2) is 11.4 Å². The van der Waals surface area contributed by atoms with E-state index in [0.29, 0.717) is 27.8 Å². The Kier molecular flexibility index (Phi) is 6.15. The maximum atomic E-state index is 13.6. The van der Waals surface area contributed by atoms with Gasteiger partial charge in [-0.05, 0) is 48.4 Å². The molecule has 0 aliphatic carbocycles. The molecular weight excluding hydrogens is 442 g/mol. The number of halogens is 1. The van der Waals surface area contributed by atoms with Crippen LogP contribution in [0.3, 0.4) is 0 Å². The Morgan fingerprint density at radius 3 is 2.52 bits per heavy atom. The van der Waals surface area contributed by atoms with Gasteiger partial charge in [-0.15, -0.1) is 0 Å². The highest BCUT2D eigenvalue weighted by molar-refractivity contribution is 6.31. The lowest BCUT2D eigenvalue weighted by Gasteiger charge is -2.23. The summed E-state index contributed by atoms with van der Waals surface area (Å²) in [4.78, 5) is 28.3. The molecule has 0 radical (unpaired) electrons. The summed E-state index contributed by atoms with van der Waals surface area (Å²) in [5.74, 6) is -0.171. The van der Waals surface area contributed by atoms with Crippen molar-refractivity contribution in [3.05, 3.63) is 87.9 Å². The van der Waals surface area contributed by atoms with Gasteiger partial charge in [0.1, 0.15) is 11.5 Å². The molecule has 1 aliphatic rings. The Morgan fingerprint density at radius 2 is 1.82 bits per heavy atom. The maximum absolute atomic E-state index is 13.6. The minimum absolute atomic E-state index is 0.250. The zero-order valence-corrected chi connectivity index (χ0v) is 19.3. The molecule has 1 aliphatic heterocycles. The lowest BCUT2D eigenvalue weighted by molar-refractivity contribution is -0.136. The third-order valence-corrected chi connectivity index (χ3v) is 6.24. The third kappa shape index (κ3) is 4.08. The number of methoxy groups -OCH3 is 2. The average molecular weight is 466 g/mol. The van der Waals surface area contributed by atoms with E-state index in [9.17, 15) is 14.7 Å². The van der Waals surface area contributed by atoms with Crippen LogP contribution in [0.4, 0.5) is 5.69 Å². The van der Waals surface area contributed by atoms with Gasteiger partial charge in [0.05, 0.1) is 38.4 Å². The second kappa shape index (κ2) is 8.89. The number of rotatable bonds is 7. The lowest BCUT2D eigenvalue weighted by Crippen LogP contribution is -2.41. The molecule has 0 bridgehead atoms. The molecule has 170 valence electrons. The maximum Gasteiger partial charge on any atom is 0.264 e. The Balaban J connectivity index is 1.72. The van der Waals surface area contributed by atoms with Crippen LogP contribution in [0.2, 0.25) is 5.02 Å². The van der Waals surface area contributed by atoms with Crippen molar-refractivity contribution in [3.8, 4) is 11.5 Å². The lowest BCUT2D eigenvalue weighted by atomic mass is 9.88. The van der Waals surface area contributed by atoms with E-state index in [4.69, 9.17) is 21.1 Å². The first-order chi connectivity index (χ1) is 15.8. The normalized spacial score (nSPS) is 17.1. The number of carbonyl (C=O) groups excluding carboxylic acids is 2. The SMILES string of the molecule is COc1ccc(C(=O)C[C@]2(O)C(=O)N(Cc3ccccc3C)c3ccc(Cl)cc32)c(OC)c1. The number of anilines is 1. The van der Waals surface area contributed by atoms with Crippen molar-refractivity contribution in [1.29, 1.82) is 0 Å². The predicted molar refractivity (Wildman–Crippen MR) is 126 cm³/mol. The number of ketones is 1. The highest BCUT2D eigenvalue weighted by atomic mass is 35.5. The van der Waals surface area contributed by atoms with Crippen molar-refractivity contribution >= 4 is 29.0 Å². The first kappa shape index (κ1) is 22.8. The number of ether oxygens (including phenoxy) is 2. The summed E-state index contributed by atoms with van der Waals surface area (Å²) < 4.78 is 10.5. The fourth-order valence-corrected chi connectivity index (χ4v) is 4.34. The quantitative estimate of drug-likeness (QED) is 0.513. The molecule has 0 spiro atoms. The molecule has 1 heterocycles. The summed E-state index contributed by atoms with van der Waals surface area (Å²) in [7, 11) is 2.96. The third-order valence-electron chi connectivity index (χ3n) is 6.01.